The number of hydrogen-bond donors (Lipinski definition) is 2. The molecule has 7 heteroatoms. The fourth-order valence-electron chi connectivity index (χ4n) is 3.36. The number of aromatic amines is 1. The van der Waals surface area contributed by atoms with Crippen LogP contribution in [0.5, 0.6) is 0 Å². The molecule has 0 spiro atoms. The first-order chi connectivity index (χ1) is 13.2. The van der Waals surface area contributed by atoms with Gasteiger partial charge in [-0.15, -0.1) is 0 Å². The summed E-state index contributed by atoms with van der Waals surface area (Å²) in [6, 6.07) is 8.18. The molecule has 1 amide bonds. The Morgan fingerprint density at radius 3 is 2.67 bits per heavy atom. The number of rotatable bonds is 5. The molecule has 3 aromatic rings. The molecule has 1 aliphatic rings. The second-order valence-corrected chi connectivity index (χ2v) is 6.93. The van der Waals surface area contributed by atoms with Gasteiger partial charge in [0.25, 0.3) is 5.91 Å². The molecule has 2 N–H and O–H groups in total. The second-order valence-electron chi connectivity index (χ2n) is 6.93. The second kappa shape index (κ2) is 7.75. The number of H-pyrrole nitrogens is 1. The number of nitrogens with zero attached hydrogens (tertiary/aromatic N) is 4. The number of carbonyl (C=O) groups excluding carboxylic acids is 1. The number of likely N-dealkylation sites (N-methyl/N-ethyl adjacent to an activating group) is 1. The first-order valence-corrected chi connectivity index (χ1v) is 9.29. The lowest BCUT2D eigenvalue weighted by Gasteiger charge is -2.32. The smallest absolute Gasteiger partial charge is 0.254 e. The summed E-state index contributed by atoms with van der Waals surface area (Å²) in [5.74, 6) is 0.554. The monoisotopic (exact) mass is 364 g/mol. The third-order valence-corrected chi connectivity index (χ3v) is 5.04. The maximum Gasteiger partial charge on any atom is 0.254 e. The van der Waals surface area contributed by atoms with E-state index in [9.17, 15) is 4.79 Å². The molecule has 1 aromatic carbocycles. The summed E-state index contributed by atoms with van der Waals surface area (Å²) >= 11 is 0. The highest BCUT2D eigenvalue weighted by Gasteiger charge is 2.17. The Labute approximate surface area is 158 Å². The molecular weight excluding hydrogens is 340 g/mol. The lowest BCUT2D eigenvalue weighted by atomic mass is 10.1. The van der Waals surface area contributed by atoms with E-state index in [0.717, 1.165) is 38.1 Å². The zero-order valence-electron chi connectivity index (χ0n) is 15.5. The zero-order valence-corrected chi connectivity index (χ0v) is 15.5. The van der Waals surface area contributed by atoms with Crippen molar-refractivity contribution in [2.45, 2.75) is 6.42 Å². The molecule has 0 radical (unpaired) electrons. The molecule has 4 rings (SSSR count). The minimum atomic E-state index is -0.139. The maximum atomic E-state index is 12.3. The summed E-state index contributed by atoms with van der Waals surface area (Å²) in [4.78, 5) is 28.8. The number of amides is 1. The molecule has 0 unspecified atom stereocenters. The molecule has 1 fully saturated rings. The lowest BCUT2D eigenvalue weighted by molar-refractivity contribution is 0.0953. The van der Waals surface area contributed by atoms with Crippen LogP contribution in [0.4, 0.5) is 5.95 Å². The summed E-state index contributed by atoms with van der Waals surface area (Å²) < 4.78 is 0. The summed E-state index contributed by atoms with van der Waals surface area (Å²) in [5.41, 5.74) is 2.81. The van der Waals surface area contributed by atoms with E-state index in [4.69, 9.17) is 0 Å². The van der Waals surface area contributed by atoms with Crippen molar-refractivity contribution in [3.63, 3.8) is 0 Å². The van der Waals surface area contributed by atoms with Crippen molar-refractivity contribution < 1.29 is 4.79 Å². The van der Waals surface area contributed by atoms with Crippen molar-refractivity contribution in [3.8, 4) is 0 Å². The van der Waals surface area contributed by atoms with Crippen LogP contribution in [-0.2, 0) is 6.42 Å². The van der Waals surface area contributed by atoms with Crippen LogP contribution in [0.1, 0.15) is 15.9 Å². The number of carbonyl (C=O) groups is 1. The van der Waals surface area contributed by atoms with E-state index < -0.39 is 0 Å². The van der Waals surface area contributed by atoms with Crippen LogP contribution in [0.25, 0.3) is 10.9 Å². The number of benzene rings is 1. The highest BCUT2D eigenvalue weighted by atomic mass is 16.1. The quantitative estimate of drug-likeness (QED) is 0.720. The molecule has 0 bridgehead atoms. The van der Waals surface area contributed by atoms with Gasteiger partial charge in [0.15, 0.2) is 0 Å². The van der Waals surface area contributed by atoms with Crippen LogP contribution in [-0.4, -0.2) is 65.5 Å². The van der Waals surface area contributed by atoms with Gasteiger partial charge in [0.1, 0.15) is 0 Å². The number of piperazine rings is 1. The van der Waals surface area contributed by atoms with E-state index in [1.807, 2.05) is 18.3 Å². The average molecular weight is 364 g/mol. The highest BCUT2D eigenvalue weighted by molar-refractivity contribution is 5.93. The van der Waals surface area contributed by atoms with E-state index >= 15 is 0 Å². The van der Waals surface area contributed by atoms with Gasteiger partial charge in [-0.3, -0.25) is 4.79 Å². The third kappa shape index (κ3) is 3.93. The molecule has 0 aliphatic carbocycles. The topological polar surface area (TPSA) is 77.1 Å². The number of hydrogen-bond acceptors (Lipinski definition) is 5. The summed E-state index contributed by atoms with van der Waals surface area (Å²) in [5, 5.41) is 4.15. The molecule has 1 aliphatic heterocycles. The standard InChI is InChI=1S/C20H24N6O/c1-25-8-10-26(11-9-25)20-23-13-16(14-24-20)19(27)21-7-6-15-12-22-18-5-3-2-4-17(15)18/h2-5,12-14,22H,6-11H2,1H3,(H,21,27). The van der Waals surface area contributed by atoms with Gasteiger partial charge in [-0.25, -0.2) is 9.97 Å². The van der Waals surface area contributed by atoms with Crippen LogP contribution in [0, 0.1) is 0 Å². The van der Waals surface area contributed by atoms with Gasteiger partial charge in [-0.1, -0.05) is 18.2 Å². The highest BCUT2D eigenvalue weighted by Crippen LogP contribution is 2.17. The van der Waals surface area contributed by atoms with E-state index in [-0.39, 0.29) is 5.91 Å². The van der Waals surface area contributed by atoms with E-state index in [0.29, 0.717) is 18.1 Å². The molecule has 140 valence electrons. The number of anilines is 1. The minimum Gasteiger partial charge on any atom is -0.361 e. The Hall–Kier alpha value is -2.93. The summed E-state index contributed by atoms with van der Waals surface area (Å²) in [6.07, 6.45) is 6.00. The van der Waals surface area contributed by atoms with Gasteiger partial charge in [-0.2, -0.15) is 0 Å². The Morgan fingerprint density at radius 2 is 1.89 bits per heavy atom. The number of aromatic nitrogens is 3. The molecule has 3 heterocycles. The van der Waals surface area contributed by atoms with Crippen molar-refractivity contribution in [3.05, 3.63) is 54.0 Å². The van der Waals surface area contributed by atoms with E-state index in [1.54, 1.807) is 12.4 Å². The Morgan fingerprint density at radius 1 is 1.15 bits per heavy atom. The van der Waals surface area contributed by atoms with Crippen LogP contribution < -0.4 is 10.2 Å². The van der Waals surface area contributed by atoms with Gasteiger partial charge >= 0.3 is 0 Å². The largest absolute Gasteiger partial charge is 0.361 e. The molecular formula is C20H24N6O. The predicted molar refractivity (Wildman–Crippen MR) is 106 cm³/mol. The summed E-state index contributed by atoms with van der Waals surface area (Å²) in [7, 11) is 2.11. The van der Waals surface area contributed by atoms with E-state index in [2.05, 4.69) is 49.2 Å². The van der Waals surface area contributed by atoms with Crippen molar-refractivity contribution in [2.24, 2.45) is 0 Å². The van der Waals surface area contributed by atoms with Gasteiger partial charge < -0.3 is 20.1 Å². The molecule has 0 saturated carbocycles. The van der Waals surface area contributed by atoms with Gasteiger partial charge in [0.05, 0.1) is 5.56 Å². The number of nitrogens with one attached hydrogen (secondary N) is 2. The van der Waals surface area contributed by atoms with Crippen molar-refractivity contribution >= 4 is 22.8 Å². The minimum absolute atomic E-state index is 0.139. The first-order valence-electron chi connectivity index (χ1n) is 9.29. The SMILES string of the molecule is CN1CCN(c2ncc(C(=O)NCCc3c[nH]c4ccccc34)cn2)CC1. The Kier molecular flexibility index (Phi) is 5.02. The Balaban J connectivity index is 1.32. The average Bonchev–Trinajstić information content (AvgIpc) is 3.12. The van der Waals surface area contributed by atoms with Crippen molar-refractivity contribution in [2.75, 3.05) is 44.7 Å². The fraction of sp³-hybridized carbons (Fsp3) is 0.350. The Bertz CT molecular complexity index is 912. The van der Waals surface area contributed by atoms with Gasteiger partial charge in [0.2, 0.25) is 5.95 Å². The van der Waals surface area contributed by atoms with Crippen LogP contribution >= 0.6 is 0 Å². The predicted octanol–water partition coefficient (Wildman–Crippen LogP) is 1.68. The molecule has 7 nitrogen and oxygen atoms in total. The molecule has 27 heavy (non-hydrogen) atoms. The van der Waals surface area contributed by atoms with Gasteiger partial charge in [0, 0.05) is 62.2 Å². The van der Waals surface area contributed by atoms with Crippen LogP contribution in [0.15, 0.2) is 42.9 Å². The zero-order chi connectivity index (χ0) is 18.6. The van der Waals surface area contributed by atoms with Crippen molar-refractivity contribution in [1.82, 2.24) is 25.2 Å². The summed E-state index contributed by atoms with van der Waals surface area (Å²) in [6.45, 7) is 4.39. The van der Waals surface area contributed by atoms with Crippen molar-refractivity contribution in [1.29, 1.82) is 0 Å². The number of para-hydroxylation sites is 1. The molecule has 2 aromatic heterocycles. The van der Waals surface area contributed by atoms with Crippen LogP contribution in [0.3, 0.4) is 0 Å². The molecule has 0 atom stereocenters. The third-order valence-electron chi connectivity index (χ3n) is 5.04. The maximum absolute atomic E-state index is 12.3. The molecule has 1 saturated heterocycles. The normalized spacial score (nSPS) is 15.2. The number of fused-ring (bicyclic) bond motifs is 1. The lowest BCUT2D eigenvalue weighted by Crippen LogP contribution is -2.45. The van der Waals surface area contributed by atoms with E-state index in [1.165, 1.54) is 10.9 Å². The fourth-order valence-corrected chi connectivity index (χ4v) is 3.36. The first kappa shape index (κ1) is 17.5. The van der Waals surface area contributed by atoms with Gasteiger partial charge in [-0.05, 0) is 25.1 Å². The van der Waals surface area contributed by atoms with Crippen LogP contribution in [0.2, 0.25) is 0 Å².